The van der Waals surface area contributed by atoms with Crippen molar-refractivity contribution < 1.29 is 23.1 Å². The van der Waals surface area contributed by atoms with Crippen LogP contribution in [0.2, 0.25) is 10.0 Å². The summed E-state index contributed by atoms with van der Waals surface area (Å²) in [6.07, 6.45) is -4.73. The Morgan fingerprint density at radius 1 is 1.38 bits per heavy atom. The van der Waals surface area contributed by atoms with Crippen LogP contribution in [0.25, 0.3) is 0 Å². The lowest BCUT2D eigenvalue weighted by molar-refractivity contribution is -0.141. The normalized spacial score (nSPS) is 13.0. The highest BCUT2D eigenvalue weighted by Crippen LogP contribution is 2.36. The molecule has 0 bridgehead atoms. The van der Waals surface area contributed by atoms with Crippen LogP contribution in [0, 0.1) is 6.92 Å². The Kier molecular flexibility index (Phi) is 5.00. The van der Waals surface area contributed by atoms with Crippen molar-refractivity contribution in [2.45, 2.75) is 26.1 Å². The van der Waals surface area contributed by atoms with Crippen LogP contribution in [-0.4, -0.2) is 20.8 Å². The molecule has 1 aromatic carbocycles. The van der Waals surface area contributed by atoms with Crippen LogP contribution in [0.5, 0.6) is 5.75 Å². The Hall–Kier alpha value is -1.93. The first-order chi connectivity index (χ1) is 11.0. The highest BCUT2D eigenvalue weighted by Gasteiger charge is 2.39. The van der Waals surface area contributed by atoms with E-state index in [2.05, 4.69) is 10.4 Å². The van der Waals surface area contributed by atoms with E-state index in [1.54, 1.807) is 0 Å². The minimum Gasteiger partial charge on any atom is -0.506 e. The molecule has 0 aliphatic carbocycles. The van der Waals surface area contributed by atoms with Gasteiger partial charge in [-0.15, -0.1) is 0 Å². The lowest BCUT2D eigenvalue weighted by Gasteiger charge is -2.15. The number of phenolic OH excluding ortho intramolecular Hbond substituents is 1. The van der Waals surface area contributed by atoms with Crippen molar-refractivity contribution in [2.75, 3.05) is 5.32 Å². The summed E-state index contributed by atoms with van der Waals surface area (Å²) in [6, 6.07) is 2.91. The molecule has 0 fully saturated rings. The molecule has 1 atom stereocenters. The van der Waals surface area contributed by atoms with Gasteiger partial charge in [0.25, 0.3) is 0 Å². The number of halogens is 5. The van der Waals surface area contributed by atoms with Crippen molar-refractivity contribution in [3.05, 3.63) is 39.6 Å². The van der Waals surface area contributed by atoms with Gasteiger partial charge in [-0.3, -0.25) is 9.48 Å². The number of carbonyl (C=O) groups is 1. The predicted octanol–water partition coefficient (Wildman–Crippen LogP) is 4.42. The molecular weight excluding hydrogens is 370 g/mol. The maximum absolute atomic E-state index is 12.8. The number of nitrogens with one attached hydrogen (secondary N) is 1. The van der Waals surface area contributed by atoms with Gasteiger partial charge in [0, 0.05) is 5.02 Å². The second-order valence-electron chi connectivity index (χ2n) is 5.02. The van der Waals surface area contributed by atoms with E-state index in [9.17, 15) is 23.1 Å². The van der Waals surface area contributed by atoms with Gasteiger partial charge < -0.3 is 10.4 Å². The smallest absolute Gasteiger partial charge is 0.436 e. The quantitative estimate of drug-likeness (QED) is 0.773. The van der Waals surface area contributed by atoms with Gasteiger partial charge >= 0.3 is 6.18 Å². The Labute approximate surface area is 145 Å². The highest BCUT2D eigenvalue weighted by molar-refractivity contribution is 6.32. The van der Waals surface area contributed by atoms with Gasteiger partial charge in [0.05, 0.1) is 16.4 Å². The standard InChI is InChI=1S/C14H12Cl2F3N3O2/c1-6-11(16)12(14(17,18)19)21-22(6)7(2)13(24)20-9-5-8(15)3-4-10(9)23/h3-5,7,23H,1-2H3,(H,20,24). The van der Waals surface area contributed by atoms with E-state index in [1.165, 1.54) is 32.0 Å². The molecule has 0 saturated carbocycles. The summed E-state index contributed by atoms with van der Waals surface area (Å²) in [5.74, 6) is -0.922. The number of aromatic nitrogens is 2. The van der Waals surface area contributed by atoms with Crippen molar-refractivity contribution in [1.82, 2.24) is 9.78 Å². The van der Waals surface area contributed by atoms with Crippen LogP contribution in [-0.2, 0) is 11.0 Å². The lowest BCUT2D eigenvalue weighted by atomic mass is 10.2. The summed E-state index contributed by atoms with van der Waals surface area (Å²) in [6.45, 7) is 2.68. The molecule has 1 unspecified atom stereocenters. The zero-order chi connectivity index (χ0) is 18.2. The fraction of sp³-hybridized carbons (Fsp3) is 0.286. The zero-order valence-corrected chi connectivity index (χ0v) is 14.0. The summed E-state index contributed by atoms with van der Waals surface area (Å²) < 4.78 is 39.4. The number of hydrogen-bond acceptors (Lipinski definition) is 3. The minimum absolute atomic E-state index is 0.00181. The number of rotatable bonds is 3. The first-order valence-electron chi connectivity index (χ1n) is 6.63. The van der Waals surface area contributed by atoms with E-state index in [0.29, 0.717) is 0 Å². The number of aromatic hydroxyl groups is 1. The molecule has 1 aromatic heterocycles. The van der Waals surface area contributed by atoms with Crippen LogP contribution in [0.1, 0.15) is 24.4 Å². The zero-order valence-electron chi connectivity index (χ0n) is 12.4. The second kappa shape index (κ2) is 6.52. The Morgan fingerprint density at radius 2 is 2.00 bits per heavy atom. The van der Waals surface area contributed by atoms with Gasteiger partial charge in [0.15, 0.2) is 5.69 Å². The van der Waals surface area contributed by atoms with Gasteiger partial charge in [-0.2, -0.15) is 18.3 Å². The summed E-state index contributed by atoms with van der Waals surface area (Å²) in [7, 11) is 0. The van der Waals surface area contributed by atoms with Crippen molar-refractivity contribution in [2.24, 2.45) is 0 Å². The van der Waals surface area contributed by atoms with Gasteiger partial charge in [-0.1, -0.05) is 23.2 Å². The van der Waals surface area contributed by atoms with Crippen LogP contribution < -0.4 is 5.32 Å². The fourth-order valence-electron chi connectivity index (χ4n) is 2.01. The topological polar surface area (TPSA) is 67.2 Å². The molecule has 2 aromatic rings. The summed E-state index contributed by atoms with van der Waals surface area (Å²) in [5, 5.41) is 15.2. The number of amides is 1. The molecule has 10 heteroatoms. The molecule has 0 radical (unpaired) electrons. The van der Waals surface area contributed by atoms with Crippen molar-refractivity contribution in [1.29, 1.82) is 0 Å². The molecule has 2 rings (SSSR count). The second-order valence-corrected chi connectivity index (χ2v) is 5.83. The van der Waals surface area contributed by atoms with E-state index >= 15 is 0 Å². The molecule has 130 valence electrons. The number of alkyl halides is 3. The third kappa shape index (κ3) is 3.59. The molecule has 0 saturated heterocycles. The maximum atomic E-state index is 12.8. The molecule has 5 nitrogen and oxygen atoms in total. The molecule has 1 amide bonds. The summed E-state index contributed by atoms with van der Waals surface area (Å²) in [5.41, 5.74) is -1.22. The largest absolute Gasteiger partial charge is 0.506 e. The monoisotopic (exact) mass is 381 g/mol. The third-order valence-corrected chi connectivity index (χ3v) is 4.00. The molecule has 0 spiro atoms. The number of hydrogen-bond donors (Lipinski definition) is 2. The molecule has 1 heterocycles. The van der Waals surface area contributed by atoms with E-state index < -0.39 is 28.8 Å². The predicted molar refractivity (Wildman–Crippen MR) is 83.4 cm³/mol. The maximum Gasteiger partial charge on any atom is 0.436 e. The average molecular weight is 382 g/mol. The average Bonchev–Trinajstić information content (AvgIpc) is 2.78. The fourth-order valence-corrected chi connectivity index (χ4v) is 2.42. The van der Waals surface area contributed by atoms with Crippen LogP contribution >= 0.6 is 23.2 Å². The van der Waals surface area contributed by atoms with E-state index in [4.69, 9.17) is 23.2 Å². The minimum atomic E-state index is -4.73. The highest BCUT2D eigenvalue weighted by atomic mass is 35.5. The van der Waals surface area contributed by atoms with Crippen LogP contribution in [0.15, 0.2) is 18.2 Å². The van der Waals surface area contributed by atoms with Gasteiger partial charge in [-0.25, -0.2) is 0 Å². The Bertz CT molecular complexity index is 790. The molecule has 2 N–H and O–H groups in total. The molecule has 0 aliphatic rings. The number of nitrogens with zero attached hydrogens (tertiary/aromatic N) is 2. The number of anilines is 1. The van der Waals surface area contributed by atoms with Crippen LogP contribution in [0.4, 0.5) is 18.9 Å². The first-order valence-corrected chi connectivity index (χ1v) is 7.39. The van der Waals surface area contributed by atoms with Crippen molar-refractivity contribution >= 4 is 34.8 Å². The summed E-state index contributed by atoms with van der Waals surface area (Å²) >= 11 is 11.4. The Balaban J connectivity index is 2.30. The van der Waals surface area contributed by atoms with E-state index in [-0.39, 0.29) is 22.2 Å². The number of benzene rings is 1. The molecule has 24 heavy (non-hydrogen) atoms. The van der Waals surface area contributed by atoms with Gasteiger partial charge in [0.1, 0.15) is 11.8 Å². The molecule has 0 aliphatic heterocycles. The SMILES string of the molecule is Cc1c(Cl)c(C(F)(F)F)nn1C(C)C(=O)Nc1cc(Cl)ccc1O. The van der Waals surface area contributed by atoms with Crippen LogP contribution in [0.3, 0.4) is 0 Å². The van der Waals surface area contributed by atoms with Gasteiger partial charge in [-0.05, 0) is 32.0 Å². The van der Waals surface area contributed by atoms with Gasteiger partial charge in [0.2, 0.25) is 5.91 Å². The lowest BCUT2D eigenvalue weighted by Crippen LogP contribution is -2.25. The Morgan fingerprint density at radius 3 is 2.54 bits per heavy atom. The van der Waals surface area contributed by atoms with Crippen molar-refractivity contribution in [3.63, 3.8) is 0 Å². The first kappa shape index (κ1) is 18.4. The number of carbonyl (C=O) groups excluding carboxylic acids is 1. The third-order valence-electron chi connectivity index (χ3n) is 3.31. The number of phenols is 1. The van der Waals surface area contributed by atoms with Crippen molar-refractivity contribution in [3.8, 4) is 5.75 Å². The molecular formula is C14H12Cl2F3N3O2. The summed E-state index contributed by atoms with van der Waals surface area (Å²) in [4.78, 5) is 12.2. The van der Waals surface area contributed by atoms with E-state index in [0.717, 1.165) is 4.68 Å². The van der Waals surface area contributed by atoms with E-state index in [1.807, 2.05) is 0 Å².